The molecule has 0 aromatic heterocycles. The molecule has 0 aromatic rings. The molecule has 1 unspecified atom stereocenters. The van der Waals surface area contributed by atoms with Crippen molar-refractivity contribution in [3.8, 4) is 0 Å². The van der Waals surface area contributed by atoms with Crippen LogP contribution in [0.1, 0.15) is 54.9 Å². The van der Waals surface area contributed by atoms with Crippen molar-refractivity contribution in [2.45, 2.75) is 83.9 Å². The summed E-state index contributed by atoms with van der Waals surface area (Å²) in [5.41, 5.74) is 0. The highest BCUT2D eigenvalue weighted by Crippen LogP contribution is 2.34. The molecule has 0 rings (SSSR count). The average Bonchev–Trinajstić information content (AvgIpc) is 2.56. The van der Waals surface area contributed by atoms with Gasteiger partial charge in [0.05, 0.1) is 12.9 Å². The smallest absolute Gasteiger partial charge is 0.373 e. The molecule has 0 bridgehead atoms. The van der Waals surface area contributed by atoms with E-state index in [0.717, 1.165) is 5.75 Å². The van der Waals surface area contributed by atoms with E-state index in [2.05, 4.69) is 48.5 Å². The van der Waals surface area contributed by atoms with E-state index < -0.39 is 16.9 Å². The molecule has 0 N–H and O–H groups in total. The van der Waals surface area contributed by atoms with Crippen LogP contribution in [0.2, 0.25) is 24.2 Å². The summed E-state index contributed by atoms with van der Waals surface area (Å²) in [7, 11) is -3.71. The molecule has 140 valence electrons. The predicted molar refractivity (Wildman–Crippen MR) is 109 cm³/mol. The maximum absolute atomic E-state index is 6.18. The maximum atomic E-state index is 6.18. The van der Waals surface area contributed by atoms with Crippen molar-refractivity contribution in [2.24, 2.45) is 0 Å². The molecule has 0 heterocycles. The van der Waals surface area contributed by atoms with Gasteiger partial charge < -0.3 is 13.3 Å². The van der Waals surface area contributed by atoms with E-state index in [9.17, 15) is 0 Å². The van der Waals surface area contributed by atoms with E-state index in [0.29, 0.717) is 24.7 Å². The van der Waals surface area contributed by atoms with Crippen LogP contribution in [0.5, 0.6) is 0 Å². The molecule has 0 spiro atoms. The Labute approximate surface area is 151 Å². The van der Waals surface area contributed by atoms with Gasteiger partial charge in [-0.2, -0.15) is 11.8 Å². The SMILES string of the molecule is CCO[Si](OCC)(OCC)C(CC[Si](CC)(CC)CC)SCC. The normalized spacial score (nSPS) is 14.2. The van der Waals surface area contributed by atoms with Gasteiger partial charge in [0, 0.05) is 19.8 Å². The number of rotatable bonds is 15. The molecule has 23 heavy (non-hydrogen) atoms. The summed E-state index contributed by atoms with van der Waals surface area (Å²) in [6, 6.07) is 5.53. The lowest BCUT2D eigenvalue weighted by Crippen LogP contribution is -2.56. The fourth-order valence-electron chi connectivity index (χ4n) is 3.29. The van der Waals surface area contributed by atoms with Crippen LogP contribution in [0.25, 0.3) is 0 Å². The van der Waals surface area contributed by atoms with E-state index in [1.165, 1.54) is 30.6 Å². The first-order valence-electron chi connectivity index (χ1n) is 9.56. The Kier molecular flexibility index (Phi) is 13.3. The Bertz CT molecular complexity index is 264. The highest BCUT2D eigenvalue weighted by molar-refractivity contribution is 8.01. The summed E-state index contributed by atoms with van der Waals surface area (Å²) < 4.78 is 18.5. The highest BCUT2D eigenvalue weighted by atomic mass is 32.2. The summed E-state index contributed by atoms with van der Waals surface area (Å²) in [5.74, 6) is 1.09. The lowest BCUT2D eigenvalue weighted by molar-refractivity contribution is 0.0692. The standard InChI is InChI=1S/C17H40O3SSi2/c1-8-18-23(19-9-2,20-10-3)17(21-11-4)15-16-22(12-5,13-6)14-7/h17H,8-16H2,1-7H3. The lowest BCUT2D eigenvalue weighted by atomic mass is 10.6. The van der Waals surface area contributed by atoms with Gasteiger partial charge in [0.15, 0.2) is 0 Å². The molecule has 6 heteroatoms. The molecule has 0 radical (unpaired) electrons. The van der Waals surface area contributed by atoms with Crippen LogP contribution in [0, 0.1) is 0 Å². The quantitative estimate of drug-likeness (QED) is 0.346. The molecular formula is C17H40O3SSi2. The molecule has 3 nitrogen and oxygen atoms in total. The predicted octanol–water partition coefficient (Wildman–Crippen LogP) is 5.59. The van der Waals surface area contributed by atoms with Crippen LogP contribution in [0.4, 0.5) is 0 Å². The zero-order valence-electron chi connectivity index (χ0n) is 16.6. The third-order valence-electron chi connectivity index (χ3n) is 4.99. The lowest BCUT2D eigenvalue weighted by Gasteiger charge is -2.37. The van der Waals surface area contributed by atoms with Gasteiger partial charge in [-0.25, -0.2) is 0 Å². The fraction of sp³-hybridized carbons (Fsp3) is 1.00. The fourth-order valence-corrected chi connectivity index (χ4v) is 12.4. The van der Waals surface area contributed by atoms with E-state index in [1.807, 2.05) is 11.8 Å². The first kappa shape index (κ1) is 23.7. The Morgan fingerprint density at radius 3 is 1.48 bits per heavy atom. The Morgan fingerprint density at radius 2 is 1.17 bits per heavy atom. The molecule has 0 aliphatic rings. The minimum atomic E-state index is -2.60. The third kappa shape index (κ3) is 7.20. The minimum Gasteiger partial charge on any atom is -0.373 e. The zero-order chi connectivity index (χ0) is 17.8. The first-order valence-corrected chi connectivity index (χ1v) is 15.2. The van der Waals surface area contributed by atoms with Crippen molar-refractivity contribution in [3.63, 3.8) is 0 Å². The summed E-state index contributed by atoms with van der Waals surface area (Å²) in [6.45, 7) is 17.6. The van der Waals surface area contributed by atoms with Gasteiger partial charge in [0.2, 0.25) is 0 Å². The van der Waals surface area contributed by atoms with E-state index >= 15 is 0 Å². The van der Waals surface area contributed by atoms with Gasteiger partial charge in [-0.1, -0.05) is 51.9 Å². The van der Waals surface area contributed by atoms with Crippen LogP contribution in [0.3, 0.4) is 0 Å². The Hall–Kier alpha value is 0.664. The Morgan fingerprint density at radius 1 is 0.739 bits per heavy atom. The van der Waals surface area contributed by atoms with Crippen LogP contribution < -0.4 is 0 Å². The van der Waals surface area contributed by atoms with E-state index in [-0.39, 0.29) is 0 Å². The van der Waals surface area contributed by atoms with Crippen molar-refractivity contribution in [3.05, 3.63) is 0 Å². The molecule has 1 atom stereocenters. The monoisotopic (exact) mass is 380 g/mol. The van der Waals surface area contributed by atoms with Gasteiger partial charge in [-0.15, -0.1) is 0 Å². The number of hydrogen-bond acceptors (Lipinski definition) is 4. The minimum absolute atomic E-state index is 0.379. The summed E-state index contributed by atoms with van der Waals surface area (Å²) in [5, 5.41) is 0. The van der Waals surface area contributed by atoms with E-state index in [4.69, 9.17) is 13.3 Å². The molecule has 0 amide bonds. The molecular weight excluding hydrogens is 340 g/mol. The van der Waals surface area contributed by atoms with Gasteiger partial charge in [-0.3, -0.25) is 0 Å². The second-order valence-electron chi connectivity index (χ2n) is 5.95. The first-order chi connectivity index (χ1) is 11.0. The van der Waals surface area contributed by atoms with Crippen molar-refractivity contribution in [2.75, 3.05) is 25.6 Å². The van der Waals surface area contributed by atoms with Crippen molar-refractivity contribution in [1.29, 1.82) is 0 Å². The molecule has 0 fully saturated rings. The van der Waals surface area contributed by atoms with Gasteiger partial charge >= 0.3 is 8.80 Å². The average molecular weight is 381 g/mol. The van der Waals surface area contributed by atoms with Crippen LogP contribution in [-0.4, -0.2) is 47.3 Å². The summed E-state index contributed by atoms with van der Waals surface area (Å²) >= 11 is 1.98. The van der Waals surface area contributed by atoms with Crippen LogP contribution >= 0.6 is 11.8 Å². The molecule has 0 aromatic carbocycles. The van der Waals surface area contributed by atoms with Crippen molar-refractivity contribution >= 4 is 28.6 Å². The van der Waals surface area contributed by atoms with Gasteiger partial charge in [0.1, 0.15) is 0 Å². The third-order valence-corrected chi connectivity index (χ3v) is 16.3. The second kappa shape index (κ2) is 12.9. The summed E-state index contributed by atoms with van der Waals surface area (Å²) in [4.78, 5) is 0.379. The van der Waals surface area contributed by atoms with Crippen LogP contribution in [-0.2, 0) is 13.3 Å². The van der Waals surface area contributed by atoms with Crippen molar-refractivity contribution in [1.82, 2.24) is 0 Å². The van der Waals surface area contributed by atoms with Gasteiger partial charge in [0.25, 0.3) is 0 Å². The molecule has 0 aliphatic carbocycles. The molecule has 0 saturated carbocycles. The topological polar surface area (TPSA) is 27.7 Å². The largest absolute Gasteiger partial charge is 0.514 e. The number of thioether (sulfide) groups is 1. The van der Waals surface area contributed by atoms with E-state index in [1.54, 1.807) is 0 Å². The number of hydrogen-bond donors (Lipinski definition) is 0. The molecule has 0 aliphatic heterocycles. The zero-order valence-corrected chi connectivity index (χ0v) is 19.4. The molecule has 0 saturated heterocycles. The maximum Gasteiger partial charge on any atom is 0.514 e. The Balaban J connectivity index is 5.26. The van der Waals surface area contributed by atoms with Gasteiger partial charge in [-0.05, 0) is 32.9 Å². The highest BCUT2D eigenvalue weighted by Gasteiger charge is 2.49. The summed E-state index contributed by atoms with van der Waals surface area (Å²) in [6.07, 6.45) is 1.19. The second-order valence-corrected chi connectivity index (χ2v) is 16.2. The van der Waals surface area contributed by atoms with Crippen LogP contribution in [0.15, 0.2) is 0 Å². The van der Waals surface area contributed by atoms with Crippen molar-refractivity contribution < 1.29 is 13.3 Å².